The molecule has 0 aliphatic carbocycles. The molecule has 2 saturated heterocycles. The highest BCUT2D eigenvalue weighted by atomic mass is 32.2. The molecule has 2 amide bonds. The third-order valence-corrected chi connectivity index (χ3v) is 6.62. The number of fused-ring (bicyclic) bond motifs is 1. The van der Waals surface area contributed by atoms with Gasteiger partial charge in [0.05, 0.1) is 18.1 Å². The van der Waals surface area contributed by atoms with E-state index in [9.17, 15) is 24.6 Å². The fraction of sp³-hybridized carbons (Fsp3) is 0.667. The van der Waals surface area contributed by atoms with Crippen molar-refractivity contribution in [3.05, 3.63) is 10.6 Å². The number of aliphatic carboxylic acids is 1. The van der Waals surface area contributed by atoms with Crippen LogP contribution < -0.4 is 5.32 Å². The predicted octanol–water partition coefficient (Wildman–Crippen LogP) is 0.150. The van der Waals surface area contributed by atoms with Gasteiger partial charge in [0.1, 0.15) is 5.70 Å². The lowest BCUT2D eigenvalue weighted by Crippen LogP contribution is -2.63. The van der Waals surface area contributed by atoms with Crippen molar-refractivity contribution in [1.29, 1.82) is 0 Å². The number of nitrogens with one attached hydrogen (secondary N) is 1. The van der Waals surface area contributed by atoms with Crippen LogP contribution in [0.25, 0.3) is 0 Å². The van der Waals surface area contributed by atoms with Crippen LogP contribution in [0.4, 0.5) is 0 Å². The number of β-lactam (4-membered cyclic amide) rings is 1. The lowest BCUT2D eigenvalue weighted by molar-refractivity contribution is -0.163. The summed E-state index contributed by atoms with van der Waals surface area (Å²) < 4.78 is 0. The zero-order valence-electron chi connectivity index (χ0n) is 13.1. The molecule has 7 nitrogen and oxygen atoms in total. The largest absolute Gasteiger partial charge is 0.477 e. The van der Waals surface area contributed by atoms with E-state index in [1.165, 1.54) is 16.7 Å². The van der Waals surface area contributed by atoms with Crippen LogP contribution in [0.5, 0.6) is 0 Å². The normalized spacial score (nSPS) is 37.6. The molecule has 0 saturated carbocycles. The summed E-state index contributed by atoms with van der Waals surface area (Å²) >= 11 is 1.37. The first-order valence-corrected chi connectivity index (χ1v) is 8.56. The fourth-order valence-corrected chi connectivity index (χ4v) is 5.24. The van der Waals surface area contributed by atoms with Gasteiger partial charge in [-0.25, -0.2) is 4.79 Å². The van der Waals surface area contributed by atoms with E-state index in [4.69, 9.17) is 0 Å². The molecular weight excluding hydrogens is 320 g/mol. The lowest BCUT2D eigenvalue weighted by atomic mass is 9.79. The van der Waals surface area contributed by atoms with Crippen LogP contribution in [-0.4, -0.2) is 56.3 Å². The molecule has 0 spiro atoms. The van der Waals surface area contributed by atoms with E-state index in [-0.39, 0.29) is 40.8 Å². The smallest absolute Gasteiger partial charge is 0.353 e. The maximum Gasteiger partial charge on any atom is 0.353 e. The second-order valence-electron chi connectivity index (χ2n) is 6.49. The molecule has 0 aromatic carbocycles. The Morgan fingerprint density at radius 2 is 2.04 bits per heavy atom. The first kappa shape index (κ1) is 16.3. The summed E-state index contributed by atoms with van der Waals surface area (Å²) in [6.45, 7) is 5.33. The highest BCUT2D eigenvalue weighted by molar-refractivity contribution is 8.03. The molecule has 6 atom stereocenters. The summed E-state index contributed by atoms with van der Waals surface area (Å²) in [5.41, 5.74) is 0.0148. The molecule has 3 rings (SSSR count). The number of hydrogen-bond acceptors (Lipinski definition) is 5. The Morgan fingerprint density at radius 1 is 1.39 bits per heavy atom. The number of carboxylic acids is 1. The highest BCUT2D eigenvalue weighted by Crippen LogP contribution is 2.52. The number of amides is 2. The molecule has 3 aliphatic heterocycles. The molecule has 23 heavy (non-hydrogen) atoms. The number of carbonyl (C=O) groups is 3. The predicted molar refractivity (Wildman–Crippen MR) is 83.2 cm³/mol. The minimum atomic E-state index is -1.14. The minimum Gasteiger partial charge on any atom is -0.477 e. The molecule has 0 aromatic rings. The monoisotopic (exact) mass is 340 g/mol. The third kappa shape index (κ3) is 2.35. The first-order chi connectivity index (χ1) is 10.7. The quantitative estimate of drug-likeness (QED) is 0.629. The van der Waals surface area contributed by atoms with E-state index < -0.39 is 18.0 Å². The average Bonchev–Trinajstić information content (AvgIpc) is 2.87. The van der Waals surface area contributed by atoms with E-state index in [1.807, 2.05) is 13.8 Å². The maximum atomic E-state index is 12.2. The maximum absolute atomic E-state index is 12.2. The second kappa shape index (κ2) is 5.52. The van der Waals surface area contributed by atoms with Gasteiger partial charge < -0.3 is 20.4 Å². The Labute approximate surface area is 138 Å². The minimum absolute atomic E-state index is 0.0148. The van der Waals surface area contributed by atoms with Crippen LogP contribution in [0.3, 0.4) is 0 Å². The molecule has 8 heteroatoms. The summed E-state index contributed by atoms with van der Waals surface area (Å²) in [6, 6.07) is -0.352. The molecule has 0 aromatic heterocycles. The zero-order valence-corrected chi connectivity index (χ0v) is 14.0. The summed E-state index contributed by atoms with van der Waals surface area (Å²) in [4.78, 5) is 37.4. The van der Waals surface area contributed by atoms with Crippen LogP contribution >= 0.6 is 11.8 Å². The van der Waals surface area contributed by atoms with Crippen LogP contribution in [0, 0.1) is 11.8 Å². The van der Waals surface area contributed by atoms with Crippen molar-refractivity contribution in [2.45, 2.75) is 50.6 Å². The number of aliphatic hydroxyl groups is 1. The van der Waals surface area contributed by atoms with Crippen molar-refractivity contribution in [1.82, 2.24) is 10.2 Å². The lowest BCUT2D eigenvalue weighted by Gasteiger charge is -2.46. The van der Waals surface area contributed by atoms with Crippen LogP contribution in [0.1, 0.15) is 27.2 Å². The molecule has 3 aliphatic rings. The Morgan fingerprint density at radius 3 is 2.52 bits per heavy atom. The number of carbonyl (C=O) groups excluding carboxylic acids is 2. The number of aliphatic hydroxyl groups excluding tert-OH is 1. The van der Waals surface area contributed by atoms with Gasteiger partial charge in [-0.05, 0) is 13.8 Å². The van der Waals surface area contributed by atoms with E-state index in [1.54, 1.807) is 6.92 Å². The summed E-state index contributed by atoms with van der Waals surface area (Å²) in [5.74, 6) is -2.23. The van der Waals surface area contributed by atoms with Crippen molar-refractivity contribution in [3.8, 4) is 0 Å². The van der Waals surface area contributed by atoms with Crippen molar-refractivity contribution in [2.75, 3.05) is 0 Å². The average molecular weight is 340 g/mol. The summed E-state index contributed by atoms with van der Waals surface area (Å²) in [7, 11) is 0. The molecule has 3 N–H and O–H groups in total. The third-order valence-electron chi connectivity index (χ3n) is 4.92. The molecule has 126 valence electrons. The molecule has 2 fully saturated rings. The highest BCUT2D eigenvalue weighted by Gasteiger charge is 2.60. The van der Waals surface area contributed by atoms with Crippen molar-refractivity contribution < 1.29 is 24.6 Å². The first-order valence-electron chi connectivity index (χ1n) is 7.68. The van der Waals surface area contributed by atoms with Gasteiger partial charge in [0.15, 0.2) is 0 Å². The van der Waals surface area contributed by atoms with Gasteiger partial charge in [-0.1, -0.05) is 6.92 Å². The summed E-state index contributed by atoms with van der Waals surface area (Å²) in [6.07, 6.45) is -0.466. The number of rotatable bonds is 4. The molecule has 0 bridgehead atoms. The van der Waals surface area contributed by atoms with Gasteiger partial charge in [0.25, 0.3) is 0 Å². The molecule has 0 radical (unpaired) electrons. The van der Waals surface area contributed by atoms with E-state index in [0.717, 1.165) is 0 Å². The van der Waals surface area contributed by atoms with Gasteiger partial charge in [0.2, 0.25) is 11.8 Å². The zero-order chi connectivity index (χ0) is 17.0. The van der Waals surface area contributed by atoms with Gasteiger partial charge in [-0.15, -0.1) is 11.8 Å². The van der Waals surface area contributed by atoms with Crippen LogP contribution in [-0.2, 0) is 14.4 Å². The van der Waals surface area contributed by atoms with Gasteiger partial charge in [-0.2, -0.15) is 0 Å². The SMILES string of the molecule is C[C@@H](O)[C@H]1C(=O)N2C(C(=O)O)=C(S[C@@H]3CC(=O)N[C@@H]3C)[C@H](C)[C@H]12. The molecule has 3 heterocycles. The number of thioether (sulfide) groups is 1. The van der Waals surface area contributed by atoms with Crippen molar-refractivity contribution in [2.24, 2.45) is 11.8 Å². The number of hydrogen-bond donors (Lipinski definition) is 3. The van der Waals surface area contributed by atoms with Gasteiger partial charge >= 0.3 is 5.97 Å². The van der Waals surface area contributed by atoms with E-state index in [0.29, 0.717) is 11.3 Å². The Bertz CT molecular complexity index is 617. The van der Waals surface area contributed by atoms with E-state index >= 15 is 0 Å². The fourth-order valence-electron chi connectivity index (χ4n) is 3.75. The van der Waals surface area contributed by atoms with Gasteiger partial charge in [-0.3, -0.25) is 9.59 Å². The van der Waals surface area contributed by atoms with Crippen LogP contribution in [0.2, 0.25) is 0 Å². The second-order valence-corrected chi connectivity index (χ2v) is 7.77. The Hall–Kier alpha value is -1.54. The Balaban J connectivity index is 1.90. The summed E-state index contributed by atoms with van der Waals surface area (Å²) in [5, 5.41) is 22.1. The molecular formula is C15H20N2O5S. The number of nitrogens with zero attached hydrogens (tertiary/aromatic N) is 1. The standard InChI is InChI=1S/C15H20N2O5S/c1-5-11-10(7(3)18)14(20)17(11)12(15(21)22)13(5)23-8-4-9(19)16-6(8)2/h5-8,10-11,18H,4H2,1-3H3,(H,16,19)(H,21,22)/t5-,6-,7-,8-,10-,11-/m1/s1. The van der Waals surface area contributed by atoms with Gasteiger partial charge in [0, 0.05) is 28.5 Å². The van der Waals surface area contributed by atoms with E-state index in [2.05, 4.69) is 5.32 Å². The van der Waals surface area contributed by atoms with Crippen molar-refractivity contribution in [3.63, 3.8) is 0 Å². The molecule has 0 unspecified atom stereocenters. The number of carboxylic acid groups (broad SMARTS) is 1. The Kier molecular flexibility index (Phi) is 3.92. The van der Waals surface area contributed by atoms with Crippen LogP contribution in [0.15, 0.2) is 10.6 Å². The topological polar surface area (TPSA) is 107 Å². The van der Waals surface area contributed by atoms with Crippen molar-refractivity contribution >= 4 is 29.5 Å².